The van der Waals surface area contributed by atoms with Gasteiger partial charge in [-0.25, -0.2) is 5.06 Å². The molecule has 19 heavy (non-hydrogen) atoms. The van der Waals surface area contributed by atoms with Gasteiger partial charge in [0.2, 0.25) is 5.91 Å². The van der Waals surface area contributed by atoms with Crippen LogP contribution in [0.4, 0.5) is 0 Å². The van der Waals surface area contributed by atoms with Gasteiger partial charge in [-0.05, 0) is 24.1 Å². The van der Waals surface area contributed by atoms with E-state index in [0.717, 1.165) is 5.56 Å². The van der Waals surface area contributed by atoms with Crippen LogP contribution in [-0.4, -0.2) is 24.1 Å². The molecule has 0 unspecified atom stereocenters. The van der Waals surface area contributed by atoms with Gasteiger partial charge in [0.25, 0.3) is 0 Å². The molecule has 0 fully saturated rings. The quantitative estimate of drug-likeness (QED) is 0.758. The second-order valence-electron chi connectivity index (χ2n) is 3.85. The van der Waals surface area contributed by atoms with E-state index in [1.54, 1.807) is 12.1 Å². The summed E-state index contributed by atoms with van der Waals surface area (Å²) in [5.74, 6) is -0.225. The Labute approximate surface area is 122 Å². The fourth-order valence-electron chi connectivity index (χ4n) is 1.45. The summed E-state index contributed by atoms with van der Waals surface area (Å²) in [6.45, 7) is 1.97. The van der Waals surface area contributed by atoms with Gasteiger partial charge in [-0.2, -0.15) is 5.26 Å². The first kappa shape index (κ1) is 15.8. The molecule has 0 bridgehead atoms. The number of benzene rings is 1. The molecule has 4 nitrogen and oxygen atoms in total. The van der Waals surface area contributed by atoms with Gasteiger partial charge >= 0.3 is 0 Å². The SMILES string of the molecule is CC(=O)N(CCC#N)OCCc1ccc(Cl)cc1Cl. The second kappa shape index (κ2) is 8.00. The van der Waals surface area contributed by atoms with E-state index in [2.05, 4.69) is 0 Å². The molecule has 0 radical (unpaired) electrons. The van der Waals surface area contributed by atoms with E-state index in [9.17, 15) is 4.79 Å². The highest BCUT2D eigenvalue weighted by Gasteiger charge is 2.09. The number of carbonyl (C=O) groups is 1. The Hall–Kier alpha value is -1.28. The molecule has 0 aliphatic heterocycles. The molecule has 0 atom stereocenters. The highest BCUT2D eigenvalue weighted by Crippen LogP contribution is 2.21. The molecule has 1 aromatic carbocycles. The van der Waals surface area contributed by atoms with E-state index in [0.29, 0.717) is 23.1 Å². The number of nitriles is 1. The van der Waals surface area contributed by atoms with Crippen LogP contribution in [0.2, 0.25) is 10.0 Å². The summed E-state index contributed by atoms with van der Waals surface area (Å²) in [6, 6.07) is 7.20. The maximum Gasteiger partial charge on any atom is 0.243 e. The lowest BCUT2D eigenvalue weighted by Crippen LogP contribution is -2.30. The van der Waals surface area contributed by atoms with E-state index in [1.807, 2.05) is 12.1 Å². The number of rotatable bonds is 6. The van der Waals surface area contributed by atoms with Crippen molar-refractivity contribution in [3.05, 3.63) is 33.8 Å². The largest absolute Gasteiger partial charge is 0.273 e. The summed E-state index contributed by atoms with van der Waals surface area (Å²) < 4.78 is 0. The molecular weight excluding hydrogens is 287 g/mol. The molecule has 1 aromatic rings. The minimum atomic E-state index is -0.225. The van der Waals surface area contributed by atoms with E-state index in [1.165, 1.54) is 12.0 Å². The van der Waals surface area contributed by atoms with Crippen molar-refractivity contribution in [1.29, 1.82) is 5.26 Å². The van der Waals surface area contributed by atoms with E-state index >= 15 is 0 Å². The lowest BCUT2D eigenvalue weighted by atomic mass is 10.2. The molecule has 1 rings (SSSR count). The number of carbonyl (C=O) groups excluding carboxylic acids is 1. The van der Waals surface area contributed by atoms with Crippen molar-refractivity contribution >= 4 is 29.1 Å². The highest BCUT2D eigenvalue weighted by atomic mass is 35.5. The van der Waals surface area contributed by atoms with Gasteiger partial charge in [-0.3, -0.25) is 9.63 Å². The Kier molecular flexibility index (Phi) is 6.65. The Bertz CT molecular complexity index is 486. The van der Waals surface area contributed by atoms with Gasteiger partial charge < -0.3 is 0 Å². The molecule has 1 amide bonds. The highest BCUT2D eigenvalue weighted by molar-refractivity contribution is 6.35. The monoisotopic (exact) mass is 300 g/mol. The number of halogens is 2. The smallest absolute Gasteiger partial charge is 0.243 e. The number of hydrogen-bond donors (Lipinski definition) is 0. The van der Waals surface area contributed by atoms with Crippen molar-refractivity contribution in [2.45, 2.75) is 19.8 Å². The molecule has 0 aliphatic carbocycles. The van der Waals surface area contributed by atoms with Crippen molar-refractivity contribution in [2.24, 2.45) is 0 Å². The molecular formula is C13H14Cl2N2O2. The van der Waals surface area contributed by atoms with Crippen molar-refractivity contribution in [1.82, 2.24) is 5.06 Å². The van der Waals surface area contributed by atoms with Crippen molar-refractivity contribution in [2.75, 3.05) is 13.2 Å². The summed E-state index contributed by atoms with van der Waals surface area (Å²) in [4.78, 5) is 16.6. The van der Waals surface area contributed by atoms with E-state index in [-0.39, 0.29) is 18.9 Å². The maximum absolute atomic E-state index is 11.3. The third-order valence-corrected chi connectivity index (χ3v) is 3.00. The third kappa shape index (κ3) is 5.48. The van der Waals surface area contributed by atoms with E-state index < -0.39 is 0 Å². The van der Waals surface area contributed by atoms with Crippen LogP contribution in [0, 0.1) is 11.3 Å². The van der Waals surface area contributed by atoms with E-state index in [4.69, 9.17) is 33.3 Å². The number of hydrogen-bond acceptors (Lipinski definition) is 3. The van der Waals surface area contributed by atoms with Crippen molar-refractivity contribution in [3.8, 4) is 6.07 Å². The Balaban J connectivity index is 2.47. The average Bonchev–Trinajstić information content (AvgIpc) is 2.35. The molecule has 102 valence electrons. The summed E-state index contributed by atoms with van der Waals surface area (Å²) in [7, 11) is 0. The summed E-state index contributed by atoms with van der Waals surface area (Å²) in [5, 5.41) is 10.8. The van der Waals surface area contributed by atoms with Crippen LogP contribution in [0.3, 0.4) is 0 Å². The molecule has 0 saturated heterocycles. The Morgan fingerprint density at radius 1 is 1.47 bits per heavy atom. The van der Waals surface area contributed by atoms with Gasteiger partial charge in [0.05, 0.1) is 25.6 Å². The lowest BCUT2D eigenvalue weighted by Gasteiger charge is -2.19. The topological polar surface area (TPSA) is 53.3 Å². The molecule has 0 heterocycles. The van der Waals surface area contributed by atoms with Gasteiger partial charge in [0, 0.05) is 17.0 Å². The molecule has 0 spiro atoms. The number of amides is 1. The van der Waals surface area contributed by atoms with Gasteiger partial charge in [-0.15, -0.1) is 0 Å². The number of nitrogens with zero attached hydrogens (tertiary/aromatic N) is 2. The third-order valence-electron chi connectivity index (χ3n) is 2.41. The summed E-state index contributed by atoms with van der Waals surface area (Å²) in [6.07, 6.45) is 0.799. The normalized spacial score (nSPS) is 10.0. The first-order valence-corrected chi connectivity index (χ1v) is 6.52. The zero-order chi connectivity index (χ0) is 14.3. The van der Waals surface area contributed by atoms with Crippen molar-refractivity contribution in [3.63, 3.8) is 0 Å². The molecule has 0 N–H and O–H groups in total. The first-order valence-electron chi connectivity index (χ1n) is 5.76. The predicted octanol–water partition coefficient (Wildman–Crippen LogP) is 3.23. The molecule has 0 saturated carbocycles. The predicted molar refractivity (Wildman–Crippen MR) is 73.7 cm³/mol. The van der Waals surface area contributed by atoms with Gasteiger partial charge in [-0.1, -0.05) is 29.3 Å². The van der Waals surface area contributed by atoms with Crippen LogP contribution in [0.15, 0.2) is 18.2 Å². The van der Waals surface area contributed by atoms with Crippen LogP contribution in [0.1, 0.15) is 18.9 Å². The fourth-order valence-corrected chi connectivity index (χ4v) is 1.96. The molecule has 0 aliphatic rings. The van der Waals surface area contributed by atoms with Crippen LogP contribution in [0.5, 0.6) is 0 Å². The fraction of sp³-hybridized carbons (Fsp3) is 0.385. The molecule has 6 heteroatoms. The van der Waals surface area contributed by atoms with Gasteiger partial charge in [0.1, 0.15) is 0 Å². The van der Waals surface area contributed by atoms with Crippen molar-refractivity contribution < 1.29 is 9.63 Å². The Morgan fingerprint density at radius 2 is 2.21 bits per heavy atom. The zero-order valence-electron chi connectivity index (χ0n) is 10.5. The average molecular weight is 301 g/mol. The maximum atomic E-state index is 11.3. The summed E-state index contributed by atoms with van der Waals surface area (Å²) >= 11 is 11.8. The minimum absolute atomic E-state index is 0.225. The summed E-state index contributed by atoms with van der Waals surface area (Å²) in [5.41, 5.74) is 0.898. The van der Waals surface area contributed by atoms with Crippen LogP contribution >= 0.6 is 23.2 Å². The second-order valence-corrected chi connectivity index (χ2v) is 4.69. The lowest BCUT2D eigenvalue weighted by molar-refractivity contribution is -0.183. The van der Waals surface area contributed by atoms with Crippen LogP contribution < -0.4 is 0 Å². The van der Waals surface area contributed by atoms with Gasteiger partial charge in [0.15, 0.2) is 0 Å². The minimum Gasteiger partial charge on any atom is -0.273 e. The Morgan fingerprint density at radius 3 is 2.79 bits per heavy atom. The standard InChI is InChI=1S/C13H14Cl2N2O2/c1-10(18)17(7-2-6-16)19-8-5-11-3-4-12(14)9-13(11)15/h3-4,9H,2,5,7-8H2,1H3. The first-order chi connectivity index (χ1) is 9.04. The molecule has 0 aromatic heterocycles. The number of hydroxylamine groups is 2. The zero-order valence-corrected chi connectivity index (χ0v) is 12.0. The van der Waals surface area contributed by atoms with Crippen LogP contribution in [-0.2, 0) is 16.1 Å². The van der Waals surface area contributed by atoms with Crippen LogP contribution in [0.25, 0.3) is 0 Å².